The molecular weight excluding hydrogens is 304 g/mol. The first-order valence-electron chi connectivity index (χ1n) is 7.84. The van der Waals surface area contributed by atoms with E-state index in [1.54, 1.807) is 11.1 Å². The molecule has 0 aliphatic carbocycles. The Morgan fingerprint density at radius 2 is 2.17 bits per heavy atom. The highest BCUT2D eigenvalue weighted by Crippen LogP contribution is 2.23. The highest BCUT2D eigenvalue weighted by atomic mass is 16.5. The summed E-state index contributed by atoms with van der Waals surface area (Å²) in [6.07, 6.45) is 12.8. The van der Waals surface area contributed by atoms with Crippen molar-refractivity contribution in [3.8, 4) is 24.7 Å². The molecule has 1 aliphatic rings. The molecule has 1 atom stereocenters. The fourth-order valence-corrected chi connectivity index (χ4v) is 2.57. The van der Waals surface area contributed by atoms with Crippen molar-refractivity contribution in [1.82, 2.24) is 14.9 Å². The molecule has 126 valence electrons. The molecule has 1 aromatic rings. The maximum absolute atomic E-state index is 12.7. The van der Waals surface area contributed by atoms with Gasteiger partial charge in [-0.15, -0.1) is 24.7 Å². The van der Waals surface area contributed by atoms with Gasteiger partial charge < -0.3 is 14.5 Å². The molecule has 1 aromatic heterocycles. The number of anilines is 1. The molecule has 6 nitrogen and oxygen atoms in total. The number of hydrogen-bond acceptors (Lipinski definition) is 5. The van der Waals surface area contributed by atoms with Crippen molar-refractivity contribution in [1.29, 1.82) is 0 Å². The summed E-state index contributed by atoms with van der Waals surface area (Å²) in [4.78, 5) is 25.0. The molecule has 2 rings (SSSR count). The Labute approximate surface area is 143 Å². The Morgan fingerprint density at radius 1 is 1.46 bits per heavy atom. The van der Waals surface area contributed by atoms with Crippen molar-refractivity contribution in [2.75, 3.05) is 38.7 Å². The Hall–Kier alpha value is -2.57. The highest BCUT2D eigenvalue weighted by molar-refractivity contribution is 5.79. The molecule has 0 bridgehead atoms. The van der Waals surface area contributed by atoms with E-state index in [4.69, 9.17) is 17.6 Å². The second-order valence-corrected chi connectivity index (χ2v) is 5.83. The van der Waals surface area contributed by atoms with E-state index in [1.165, 1.54) is 0 Å². The fraction of sp³-hybridized carbons (Fsp3) is 0.500. The normalized spacial score (nSPS) is 17.2. The van der Waals surface area contributed by atoms with Gasteiger partial charge in [-0.2, -0.15) is 0 Å². The third kappa shape index (κ3) is 4.24. The lowest BCUT2D eigenvalue weighted by Gasteiger charge is -2.34. The van der Waals surface area contributed by atoms with Crippen molar-refractivity contribution in [3.63, 3.8) is 0 Å². The predicted octanol–water partition coefficient (Wildman–Crippen LogP) is 1.11. The van der Waals surface area contributed by atoms with Crippen LogP contribution in [0.4, 0.5) is 5.95 Å². The topological polar surface area (TPSA) is 58.6 Å². The number of nitrogens with zero attached hydrogens (tertiary/aromatic N) is 4. The average molecular weight is 326 g/mol. The number of carbonyl (C=O) groups is 1. The summed E-state index contributed by atoms with van der Waals surface area (Å²) in [5.74, 6) is 5.33. The van der Waals surface area contributed by atoms with E-state index in [2.05, 4.69) is 21.8 Å². The van der Waals surface area contributed by atoms with Crippen LogP contribution in [0, 0.1) is 30.6 Å². The van der Waals surface area contributed by atoms with Crippen molar-refractivity contribution < 1.29 is 9.53 Å². The van der Waals surface area contributed by atoms with Crippen LogP contribution in [0.1, 0.15) is 24.6 Å². The third-order valence-corrected chi connectivity index (χ3v) is 3.85. The minimum Gasteiger partial charge on any atom is -0.368 e. The number of morpholine rings is 1. The van der Waals surface area contributed by atoms with Crippen LogP contribution in [0.25, 0.3) is 0 Å². The Balaban J connectivity index is 2.11. The van der Waals surface area contributed by atoms with Gasteiger partial charge in [0.1, 0.15) is 6.10 Å². The first-order valence-corrected chi connectivity index (χ1v) is 7.84. The second kappa shape index (κ2) is 8.33. The zero-order valence-corrected chi connectivity index (χ0v) is 14.1. The van der Waals surface area contributed by atoms with Crippen molar-refractivity contribution in [2.45, 2.75) is 18.9 Å². The van der Waals surface area contributed by atoms with E-state index >= 15 is 0 Å². The van der Waals surface area contributed by atoms with Crippen LogP contribution in [-0.4, -0.2) is 54.6 Å². The molecule has 0 aromatic carbocycles. The third-order valence-electron chi connectivity index (χ3n) is 3.85. The fourth-order valence-electron chi connectivity index (χ4n) is 2.57. The smallest absolute Gasteiger partial charge is 0.227 e. The number of aromatic nitrogens is 2. The van der Waals surface area contributed by atoms with Gasteiger partial charge in [-0.3, -0.25) is 4.79 Å². The molecule has 0 radical (unpaired) electrons. The van der Waals surface area contributed by atoms with E-state index in [-0.39, 0.29) is 17.9 Å². The lowest BCUT2D eigenvalue weighted by Crippen LogP contribution is -2.45. The maximum atomic E-state index is 12.7. The molecule has 6 heteroatoms. The summed E-state index contributed by atoms with van der Waals surface area (Å²) in [5, 5.41) is 0. The van der Waals surface area contributed by atoms with Gasteiger partial charge in [-0.1, -0.05) is 0 Å². The zero-order valence-electron chi connectivity index (χ0n) is 14.1. The number of ether oxygens (including phenoxy) is 1. The van der Waals surface area contributed by atoms with E-state index < -0.39 is 0 Å². The zero-order chi connectivity index (χ0) is 17.5. The SMILES string of the molecule is C#CCC(CC#C)C(=O)N1CCOC(c2ccnc(N(C)C)n2)C1. The van der Waals surface area contributed by atoms with Gasteiger partial charge in [0.05, 0.1) is 24.8 Å². The van der Waals surface area contributed by atoms with Gasteiger partial charge in [0.25, 0.3) is 0 Å². The standard InChI is InChI=1S/C18H22N4O2/c1-5-7-14(8-6-2)17(23)22-11-12-24-16(13-22)15-9-10-19-18(20-15)21(3)4/h1-2,9-10,14,16H,7-8,11-13H2,3-4H3. The molecule has 0 spiro atoms. The van der Waals surface area contributed by atoms with Gasteiger partial charge in [0, 0.05) is 39.7 Å². The number of terminal acetylenes is 2. The monoisotopic (exact) mass is 326 g/mol. The number of rotatable bonds is 5. The van der Waals surface area contributed by atoms with E-state index in [0.717, 1.165) is 5.69 Å². The Bertz CT molecular complexity index is 644. The number of carbonyl (C=O) groups excluding carboxylic acids is 1. The Kier molecular flexibility index (Phi) is 6.17. The van der Waals surface area contributed by atoms with Crippen LogP contribution in [0.2, 0.25) is 0 Å². The number of amides is 1. The van der Waals surface area contributed by atoms with Crippen LogP contribution in [0.15, 0.2) is 12.3 Å². The van der Waals surface area contributed by atoms with Gasteiger partial charge >= 0.3 is 0 Å². The molecular formula is C18H22N4O2. The summed E-state index contributed by atoms with van der Waals surface area (Å²) in [5.41, 5.74) is 0.761. The summed E-state index contributed by atoms with van der Waals surface area (Å²) in [7, 11) is 3.75. The van der Waals surface area contributed by atoms with E-state index in [0.29, 0.717) is 38.5 Å². The second-order valence-electron chi connectivity index (χ2n) is 5.83. The molecule has 1 unspecified atom stereocenters. The summed E-state index contributed by atoms with van der Waals surface area (Å²) in [6, 6.07) is 1.81. The first-order chi connectivity index (χ1) is 11.6. The summed E-state index contributed by atoms with van der Waals surface area (Å²) < 4.78 is 5.80. The molecule has 2 heterocycles. The molecule has 1 amide bonds. The van der Waals surface area contributed by atoms with Crippen LogP contribution >= 0.6 is 0 Å². The maximum Gasteiger partial charge on any atom is 0.227 e. The minimum atomic E-state index is -0.332. The van der Waals surface area contributed by atoms with Crippen LogP contribution < -0.4 is 4.90 Å². The lowest BCUT2D eigenvalue weighted by atomic mass is 10.00. The lowest BCUT2D eigenvalue weighted by molar-refractivity contribution is -0.143. The highest BCUT2D eigenvalue weighted by Gasteiger charge is 2.30. The van der Waals surface area contributed by atoms with Crippen LogP contribution in [0.3, 0.4) is 0 Å². The van der Waals surface area contributed by atoms with Crippen molar-refractivity contribution in [3.05, 3.63) is 18.0 Å². The van der Waals surface area contributed by atoms with E-state index in [1.807, 2.05) is 25.1 Å². The molecule has 1 saturated heterocycles. The summed E-state index contributed by atoms with van der Waals surface area (Å²) >= 11 is 0. The van der Waals surface area contributed by atoms with Crippen LogP contribution in [0.5, 0.6) is 0 Å². The molecule has 1 aliphatic heterocycles. The van der Waals surface area contributed by atoms with Gasteiger partial charge in [0.15, 0.2) is 0 Å². The van der Waals surface area contributed by atoms with Gasteiger partial charge in [-0.25, -0.2) is 9.97 Å². The number of hydrogen-bond donors (Lipinski definition) is 0. The van der Waals surface area contributed by atoms with Crippen molar-refractivity contribution >= 4 is 11.9 Å². The average Bonchev–Trinajstić information content (AvgIpc) is 2.61. The minimum absolute atomic E-state index is 0.0129. The van der Waals surface area contributed by atoms with Crippen LogP contribution in [-0.2, 0) is 9.53 Å². The largest absolute Gasteiger partial charge is 0.368 e. The van der Waals surface area contributed by atoms with Gasteiger partial charge in [-0.05, 0) is 6.07 Å². The van der Waals surface area contributed by atoms with Crippen molar-refractivity contribution in [2.24, 2.45) is 5.92 Å². The van der Waals surface area contributed by atoms with Gasteiger partial charge in [0.2, 0.25) is 11.9 Å². The molecule has 0 saturated carbocycles. The predicted molar refractivity (Wildman–Crippen MR) is 92.0 cm³/mol. The molecule has 1 fully saturated rings. The van der Waals surface area contributed by atoms with E-state index in [9.17, 15) is 4.79 Å². The quantitative estimate of drug-likeness (QED) is 0.759. The molecule has 0 N–H and O–H groups in total. The summed E-state index contributed by atoms with van der Waals surface area (Å²) in [6.45, 7) is 1.43. The molecule has 24 heavy (non-hydrogen) atoms. The Morgan fingerprint density at radius 3 is 2.79 bits per heavy atom. The first kappa shape index (κ1) is 17.8.